The van der Waals surface area contributed by atoms with Crippen molar-refractivity contribution in [1.29, 1.82) is 10.5 Å². The molecule has 134 valence electrons. The number of piperidine rings is 1. The second-order valence-electron chi connectivity index (χ2n) is 5.82. The number of nitrogens with zero attached hydrogens (tertiary/aromatic N) is 3. The number of likely N-dealkylation sites (tertiary alicyclic amines) is 1. The van der Waals surface area contributed by atoms with Crippen LogP contribution in [0.25, 0.3) is 0 Å². The largest absolute Gasteiger partial charge is 0.466 e. The molecule has 0 spiro atoms. The fourth-order valence-electron chi connectivity index (χ4n) is 2.69. The number of hydrogen-bond donors (Lipinski definition) is 1. The zero-order chi connectivity index (χ0) is 18.9. The summed E-state index contributed by atoms with van der Waals surface area (Å²) < 4.78 is 5.01. The van der Waals surface area contributed by atoms with E-state index in [4.69, 9.17) is 10.00 Å². The van der Waals surface area contributed by atoms with Crippen LogP contribution in [0.2, 0.25) is 0 Å². The van der Waals surface area contributed by atoms with E-state index in [1.165, 1.54) is 6.20 Å². The lowest BCUT2D eigenvalue weighted by Gasteiger charge is -2.30. The standard InChI is InChI=1S/C19H20N4O3/c1-2-26-19(25)15-7-9-23(10-8-15)18(24)16(12-21)13-22-17-5-3-14(11-20)4-6-17/h3-6,13,15,22H,2,7-10H2,1H3/b16-13-. The van der Waals surface area contributed by atoms with Crippen LogP contribution in [-0.4, -0.2) is 36.5 Å². The number of ether oxygens (including phenoxy) is 1. The predicted molar refractivity (Wildman–Crippen MR) is 94.4 cm³/mol. The number of nitriles is 2. The van der Waals surface area contributed by atoms with Crippen molar-refractivity contribution in [3.63, 3.8) is 0 Å². The van der Waals surface area contributed by atoms with Crippen LogP contribution >= 0.6 is 0 Å². The molecule has 7 nitrogen and oxygen atoms in total. The maximum Gasteiger partial charge on any atom is 0.309 e. The lowest BCUT2D eigenvalue weighted by atomic mass is 9.96. The molecular weight excluding hydrogens is 332 g/mol. The normalized spacial score (nSPS) is 14.9. The first-order valence-corrected chi connectivity index (χ1v) is 8.42. The minimum atomic E-state index is -0.365. The van der Waals surface area contributed by atoms with Gasteiger partial charge in [0.25, 0.3) is 5.91 Å². The molecule has 1 aliphatic heterocycles. The molecule has 1 aromatic carbocycles. The summed E-state index contributed by atoms with van der Waals surface area (Å²) in [5, 5.41) is 20.9. The highest BCUT2D eigenvalue weighted by Crippen LogP contribution is 2.20. The van der Waals surface area contributed by atoms with Crippen LogP contribution in [-0.2, 0) is 14.3 Å². The minimum Gasteiger partial charge on any atom is -0.466 e. The molecule has 1 aromatic rings. The maximum atomic E-state index is 12.5. The van der Waals surface area contributed by atoms with Gasteiger partial charge in [0.15, 0.2) is 0 Å². The van der Waals surface area contributed by atoms with Crippen LogP contribution in [0.5, 0.6) is 0 Å². The summed E-state index contributed by atoms with van der Waals surface area (Å²) in [6, 6.07) is 10.6. The number of rotatable bonds is 5. The van der Waals surface area contributed by atoms with E-state index >= 15 is 0 Å². The Kier molecular flexibility index (Phi) is 6.75. The van der Waals surface area contributed by atoms with Crippen molar-refractivity contribution in [2.75, 3.05) is 25.0 Å². The van der Waals surface area contributed by atoms with Gasteiger partial charge in [-0.05, 0) is 44.0 Å². The molecule has 0 aromatic heterocycles. The lowest BCUT2D eigenvalue weighted by Crippen LogP contribution is -2.41. The minimum absolute atomic E-state index is 0.0102. The van der Waals surface area contributed by atoms with Crippen molar-refractivity contribution in [2.24, 2.45) is 5.92 Å². The van der Waals surface area contributed by atoms with Crippen molar-refractivity contribution in [2.45, 2.75) is 19.8 Å². The van der Waals surface area contributed by atoms with Crippen molar-refractivity contribution in [3.05, 3.63) is 41.6 Å². The van der Waals surface area contributed by atoms with E-state index in [1.807, 2.05) is 12.1 Å². The molecule has 0 saturated carbocycles. The molecule has 0 bridgehead atoms. The Morgan fingerprint density at radius 3 is 2.46 bits per heavy atom. The average molecular weight is 352 g/mol. The summed E-state index contributed by atoms with van der Waals surface area (Å²) in [7, 11) is 0. The van der Waals surface area contributed by atoms with E-state index < -0.39 is 0 Å². The molecule has 1 amide bonds. The zero-order valence-electron chi connectivity index (χ0n) is 14.6. The highest BCUT2D eigenvalue weighted by Gasteiger charge is 2.29. The quantitative estimate of drug-likeness (QED) is 0.494. The first-order valence-electron chi connectivity index (χ1n) is 8.42. The van der Waals surface area contributed by atoms with Gasteiger partial charge in [-0.2, -0.15) is 10.5 Å². The number of amides is 1. The van der Waals surface area contributed by atoms with Gasteiger partial charge in [0.05, 0.1) is 24.2 Å². The fraction of sp³-hybridized carbons (Fsp3) is 0.368. The summed E-state index contributed by atoms with van der Waals surface area (Å²) in [5.74, 6) is -0.778. The summed E-state index contributed by atoms with van der Waals surface area (Å²) in [6.45, 7) is 2.94. The second kappa shape index (κ2) is 9.24. The van der Waals surface area contributed by atoms with Gasteiger partial charge in [-0.3, -0.25) is 9.59 Å². The fourth-order valence-corrected chi connectivity index (χ4v) is 2.69. The van der Waals surface area contributed by atoms with Gasteiger partial charge < -0.3 is 15.0 Å². The second-order valence-corrected chi connectivity index (χ2v) is 5.82. The number of anilines is 1. The van der Waals surface area contributed by atoms with Crippen molar-refractivity contribution < 1.29 is 14.3 Å². The third-order valence-corrected chi connectivity index (χ3v) is 4.15. The summed E-state index contributed by atoms with van der Waals surface area (Å²) in [4.78, 5) is 25.8. The Hall–Kier alpha value is -3.32. The molecule has 0 unspecified atom stereocenters. The Balaban J connectivity index is 1.95. The molecule has 1 heterocycles. The number of carbonyl (C=O) groups is 2. The van der Waals surface area contributed by atoms with E-state index in [0.29, 0.717) is 43.8 Å². The van der Waals surface area contributed by atoms with Crippen LogP contribution < -0.4 is 5.32 Å². The first kappa shape index (κ1) is 19.0. The maximum absolute atomic E-state index is 12.5. The van der Waals surface area contributed by atoms with Gasteiger partial charge in [0.2, 0.25) is 0 Å². The van der Waals surface area contributed by atoms with Crippen molar-refractivity contribution in [3.8, 4) is 12.1 Å². The van der Waals surface area contributed by atoms with Gasteiger partial charge in [-0.25, -0.2) is 0 Å². The smallest absolute Gasteiger partial charge is 0.309 e. The van der Waals surface area contributed by atoms with Crippen LogP contribution in [0.4, 0.5) is 5.69 Å². The zero-order valence-corrected chi connectivity index (χ0v) is 14.6. The number of carbonyl (C=O) groups excluding carboxylic acids is 2. The van der Waals surface area contributed by atoms with E-state index in [0.717, 1.165) is 0 Å². The number of benzene rings is 1. The molecule has 0 atom stereocenters. The highest BCUT2D eigenvalue weighted by atomic mass is 16.5. The van der Waals surface area contributed by atoms with Crippen LogP contribution in [0.3, 0.4) is 0 Å². The van der Waals surface area contributed by atoms with Gasteiger partial charge in [0.1, 0.15) is 11.6 Å². The van der Waals surface area contributed by atoms with Crippen molar-refractivity contribution >= 4 is 17.6 Å². The van der Waals surface area contributed by atoms with Crippen LogP contribution in [0.1, 0.15) is 25.3 Å². The molecular formula is C19H20N4O3. The molecule has 0 aliphatic carbocycles. The van der Waals surface area contributed by atoms with Gasteiger partial charge in [-0.15, -0.1) is 0 Å². The van der Waals surface area contributed by atoms with Gasteiger partial charge in [-0.1, -0.05) is 0 Å². The van der Waals surface area contributed by atoms with Gasteiger partial charge >= 0.3 is 5.97 Å². The Labute approximate surface area is 152 Å². The summed E-state index contributed by atoms with van der Waals surface area (Å²) in [6.07, 6.45) is 2.43. The lowest BCUT2D eigenvalue weighted by molar-refractivity contribution is -0.150. The number of hydrogen-bond acceptors (Lipinski definition) is 6. The van der Waals surface area contributed by atoms with Gasteiger partial charge in [0, 0.05) is 25.0 Å². The summed E-state index contributed by atoms with van der Waals surface area (Å²) in [5.41, 5.74) is 1.19. The van der Waals surface area contributed by atoms with E-state index in [2.05, 4.69) is 5.32 Å². The molecule has 1 fully saturated rings. The first-order chi connectivity index (χ1) is 12.6. The third-order valence-electron chi connectivity index (χ3n) is 4.15. The van der Waals surface area contributed by atoms with Crippen molar-refractivity contribution in [1.82, 2.24) is 4.90 Å². The topological polar surface area (TPSA) is 106 Å². The third kappa shape index (κ3) is 4.84. The summed E-state index contributed by atoms with van der Waals surface area (Å²) >= 11 is 0. The average Bonchev–Trinajstić information content (AvgIpc) is 2.69. The van der Waals surface area contributed by atoms with Crippen LogP contribution in [0.15, 0.2) is 36.0 Å². The van der Waals surface area contributed by atoms with E-state index in [-0.39, 0.29) is 23.4 Å². The predicted octanol–water partition coefficient (Wildman–Crippen LogP) is 2.18. The molecule has 1 aliphatic rings. The Morgan fingerprint density at radius 1 is 1.27 bits per heavy atom. The van der Waals surface area contributed by atoms with Crippen LogP contribution in [0, 0.1) is 28.6 Å². The molecule has 7 heteroatoms. The molecule has 2 rings (SSSR count). The van der Waals surface area contributed by atoms with E-state index in [1.54, 1.807) is 36.1 Å². The molecule has 1 saturated heterocycles. The Bertz CT molecular complexity index is 763. The number of esters is 1. The van der Waals surface area contributed by atoms with E-state index in [9.17, 15) is 14.9 Å². The molecule has 26 heavy (non-hydrogen) atoms. The SMILES string of the molecule is CCOC(=O)C1CCN(C(=O)/C(C#N)=C\Nc2ccc(C#N)cc2)CC1. The molecule has 0 radical (unpaired) electrons. The number of nitrogens with one attached hydrogen (secondary N) is 1. The monoisotopic (exact) mass is 352 g/mol. The highest BCUT2D eigenvalue weighted by molar-refractivity contribution is 5.97. The Morgan fingerprint density at radius 2 is 1.92 bits per heavy atom. The molecule has 1 N–H and O–H groups in total.